The highest BCUT2D eigenvalue weighted by atomic mass is 16.7. The highest BCUT2D eigenvalue weighted by molar-refractivity contribution is 6.55. The van der Waals surface area contributed by atoms with Crippen molar-refractivity contribution in [1.29, 1.82) is 0 Å². The first kappa shape index (κ1) is 32.1. The van der Waals surface area contributed by atoms with Gasteiger partial charge >= 0.3 is 7.12 Å². The molecule has 3 nitrogen and oxygen atoms in total. The van der Waals surface area contributed by atoms with Crippen LogP contribution in [0.25, 0.3) is 0 Å². The molecule has 1 saturated heterocycles. The second kappa shape index (κ2) is 13.8. The van der Waals surface area contributed by atoms with Crippen LogP contribution in [-0.2, 0) is 14.7 Å². The highest BCUT2D eigenvalue weighted by Gasteiger charge is 2.51. The van der Waals surface area contributed by atoms with E-state index in [0.717, 1.165) is 23.3 Å². The number of para-hydroxylation sites is 1. The average molecular weight is 526 g/mol. The molecule has 0 N–H and O–H groups in total. The molecule has 0 radical (unpaired) electrons. The lowest BCUT2D eigenvalue weighted by atomic mass is 9.77. The van der Waals surface area contributed by atoms with E-state index in [4.69, 9.17) is 9.31 Å². The first-order valence-electron chi connectivity index (χ1n) is 14.0. The lowest BCUT2D eigenvalue weighted by Gasteiger charge is -2.32. The molecule has 208 valence electrons. The molecule has 1 aliphatic rings. The van der Waals surface area contributed by atoms with Gasteiger partial charge in [0.15, 0.2) is 0 Å². The fourth-order valence-corrected chi connectivity index (χ4v) is 4.49. The number of rotatable bonds is 11. The molecule has 2 aromatic rings. The van der Waals surface area contributed by atoms with E-state index in [2.05, 4.69) is 127 Å². The fraction of sp³-hybridized carbons (Fsp3) is 0.371. The van der Waals surface area contributed by atoms with Crippen LogP contribution in [0.2, 0.25) is 0 Å². The molecule has 1 heterocycles. The summed E-state index contributed by atoms with van der Waals surface area (Å²) < 4.78 is 12.6. The van der Waals surface area contributed by atoms with Gasteiger partial charge in [-0.25, -0.2) is 0 Å². The Balaban J connectivity index is 0.00000260. The molecule has 0 aliphatic carbocycles. The zero-order chi connectivity index (χ0) is 29.3. The van der Waals surface area contributed by atoms with E-state index < -0.39 is 18.3 Å². The van der Waals surface area contributed by atoms with E-state index >= 15 is 0 Å². The predicted octanol–water partition coefficient (Wildman–Crippen LogP) is 9.56. The van der Waals surface area contributed by atoms with Crippen molar-refractivity contribution in [2.24, 2.45) is 0 Å². The number of anilines is 2. The molecular weight excluding hydrogens is 477 g/mol. The molecule has 3 rings (SSSR count). The zero-order valence-corrected chi connectivity index (χ0v) is 25.4. The maximum Gasteiger partial charge on any atom is 0.494 e. The molecule has 0 bridgehead atoms. The summed E-state index contributed by atoms with van der Waals surface area (Å²) in [6, 6.07) is 19.3. The number of benzene rings is 2. The normalized spacial score (nSPS) is 18.5. The molecule has 39 heavy (non-hydrogen) atoms. The summed E-state index contributed by atoms with van der Waals surface area (Å²) >= 11 is 0. The van der Waals surface area contributed by atoms with Gasteiger partial charge < -0.3 is 14.2 Å². The summed E-state index contributed by atoms with van der Waals surface area (Å²) in [6.07, 6.45) is 12.8. The topological polar surface area (TPSA) is 21.7 Å². The first-order valence-corrected chi connectivity index (χ1v) is 14.0. The van der Waals surface area contributed by atoms with Crippen LogP contribution in [0, 0.1) is 0 Å². The quantitative estimate of drug-likeness (QED) is 0.166. The van der Waals surface area contributed by atoms with Gasteiger partial charge in [0.1, 0.15) is 0 Å². The van der Waals surface area contributed by atoms with Crippen LogP contribution in [0.5, 0.6) is 0 Å². The lowest BCUT2D eigenvalue weighted by molar-refractivity contribution is 0.00578. The monoisotopic (exact) mass is 525 g/mol. The third kappa shape index (κ3) is 7.53. The molecule has 2 atom stereocenters. The van der Waals surface area contributed by atoms with Gasteiger partial charge in [-0.2, -0.15) is 0 Å². The van der Waals surface area contributed by atoms with Crippen molar-refractivity contribution in [1.82, 2.24) is 0 Å². The van der Waals surface area contributed by atoms with Crippen LogP contribution in [0.4, 0.5) is 11.4 Å². The van der Waals surface area contributed by atoms with Gasteiger partial charge in [0.05, 0.1) is 11.2 Å². The Hall–Kier alpha value is -3.08. The molecule has 0 aromatic heterocycles. The molecule has 0 spiro atoms. The number of hydrogen-bond donors (Lipinski definition) is 0. The molecule has 4 heteroatoms. The minimum absolute atomic E-state index is 0.0582. The van der Waals surface area contributed by atoms with Crippen molar-refractivity contribution in [2.45, 2.75) is 84.5 Å². The smallest absolute Gasteiger partial charge is 0.399 e. The van der Waals surface area contributed by atoms with Crippen molar-refractivity contribution in [3.63, 3.8) is 0 Å². The predicted molar refractivity (Wildman–Crippen MR) is 172 cm³/mol. The number of hydrogen-bond acceptors (Lipinski definition) is 3. The average Bonchev–Trinajstić information content (AvgIpc) is 3.15. The van der Waals surface area contributed by atoms with E-state index in [0.29, 0.717) is 0 Å². The van der Waals surface area contributed by atoms with E-state index in [1.54, 1.807) is 6.08 Å². The highest BCUT2D eigenvalue weighted by Crippen LogP contribution is 2.39. The number of allylic oxidation sites excluding steroid dienone is 6. The fourth-order valence-electron chi connectivity index (χ4n) is 4.49. The van der Waals surface area contributed by atoms with E-state index in [9.17, 15) is 0 Å². The Morgan fingerprint density at radius 2 is 1.46 bits per heavy atom. The third-order valence-corrected chi connectivity index (χ3v) is 7.67. The van der Waals surface area contributed by atoms with E-state index in [-0.39, 0.29) is 11.5 Å². The van der Waals surface area contributed by atoms with Crippen molar-refractivity contribution in [3.05, 3.63) is 122 Å². The first-order chi connectivity index (χ1) is 18.5. The summed E-state index contributed by atoms with van der Waals surface area (Å²) in [5.41, 5.74) is 3.45. The van der Waals surface area contributed by atoms with Gasteiger partial charge in [-0.15, -0.1) is 13.2 Å². The van der Waals surface area contributed by atoms with Crippen LogP contribution < -0.4 is 4.90 Å². The lowest BCUT2D eigenvalue weighted by Crippen LogP contribution is -2.41. The Morgan fingerprint density at radius 3 is 1.95 bits per heavy atom. The maximum atomic E-state index is 6.30. The molecule has 1 aliphatic heterocycles. The molecular formula is C35H48BNO2. The van der Waals surface area contributed by atoms with Gasteiger partial charge in [-0.1, -0.05) is 94.1 Å². The Kier molecular flexibility index (Phi) is 11.4. The third-order valence-electron chi connectivity index (χ3n) is 7.67. The SMILES string of the molecule is C=C/C=C(\C=C/C(C)N(c1ccccc1)c1ccc([C@@](C)(C=C)CC=C)cc1)B1OC(C)(C)C(C)(C)O1.CC. The maximum absolute atomic E-state index is 6.30. The Morgan fingerprint density at radius 1 is 0.923 bits per heavy atom. The van der Waals surface area contributed by atoms with E-state index in [1.165, 1.54) is 5.56 Å². The molecule has 0 saturated carbocycles. The second-order valence-electron chi connectivity index (χ2n) is 11.0. The van der Waals surface area contributed by atoms with Crippen molar-refractivity contribution in [2.75, 3.05) is 4.90 Å². The largest absolute Gasteiger partial charge is 0.494 e. The minimum atomic E-state index is -0.447. The Labute approximate surface area is 238 Å². The van der Waals surface area contributed by atoms with Gasteiger partial charge in [-0.05, 0) is 76.3 Å². The number of nitrogens with zero attached hydrogens (tertiary/aromatic N) is 1. The zero-order valence-electron chi connectivity index (χ0n) is 25.4. The van der Waals surface area contributed by atoms with Crippen LogP contribution in [0.3, 0.4) is 0 Å². The summed E-state index contributed by atoms with van der Waals surface area (Å²) in [6.45, 7) is 28.6. The van der Waals surface area contributed by atoms with Gasteiger partial charge in [-0.3, -0.25) is 0 Å². The molecule has 1 fully saturated rings. The second-order valence-corrected chi connectivity index (χ2v) is 11.0. The summed E-state index contributed by atoms with van der Waals surface area (Å²) in [7, 11) is -0.447. The standard InChI is InChI=1S/C33H42BNO2.C2H6/c1-10-16-28(34-36-31(5,6)32(7,8)37-34)22-19-26(4)35(29-17-14-13-15-18-29)30-23-20-27(21-24-30)33(9,12-3)25-11-2;1-2/h10-24,26H,1-3,25H2,4-9H3;1-2H3/b22-19-,28-16+;/t26?,33-;/m0./s1. The van der Waals surface area contributed by atoms with Crippen molar-refractivity contribution < 1.29 is 9.31 Å². The Bertz CT molecular complexity index is 1130. The molecule has 0 amide bonds. The minimum Gasteiger partial charge on any atom is -0.399 e. The van der Waals surface area contributed by atoms with Crippen LogP contribution in [0.1, 0.15) is 67.4 Å². The summed E-state index contributed by atoms with van der Waals surface area (Å²) in [5, 5.41) is 0. The van der Waals surface area contributed by atoms with Gasteiger partial charge in [0, 0.05) is 22.8 Å². The summed E-state index contributed by atoms with van der Waals surface area (Å²) in [5.74, 6) is 0. The van der Waals surface area contributed by atoms with Gasteiger partial charge in [0.2, 0.25) is 0 Å². The van der Waals surface area contributed by atoms with E-state index in [1.807, 2.05) is 38.1 Å². The summed E-state index contributed by atoms with van der Waals surface area (Å²) in [4.78, 5) is 2.33. The van der Waals surface area contributed by atoms with Crippen LogP contribution in [0.15, 0.2) is 116 Å². The van der Waals surface area contributed by atoms with Crippen molar-refractivity contribution in [3.8, 4) is 0 Å². The van der Waals surface area contributed by atoms with Crippen LogP contribution >= 0.6 is 0 Å². The van der Waals surface area contributed by atoms with Gasteiger partial charge in [0.25, 0.3) is 0 Å². The van der Waals surface area contributed by atoms with Crippen LogP contribution in [-0.4, -0.2) is 24.4 Å². The van der Waals surface area contributed by atoms with Crippen molar-refractivity contribution >= 4 is 18.5 Å². The molecule has 1 unspecified atom stereocenters. The molecule has 2 aromatic carbocycles.